The minimum Gasteiger partial charge on any atom is -0.0654 e. The van der Waals surface area contributed by atoms with Crippen molar-refractivity contribution in [3.05, 3.63) is 230 Å². The van der Waals surface area contributed by atoms with E-state index < -0.39 is 8.07 Å². The zero-order chi connectivity index (χ0) is 55.9. The quantitative estimate of drug-likeness (QED) is 0.0554. The number of unbranched alkanes of at least 4 members (excludes halogenated alkanes) is 2. The molecule has 0 amide bonds. The molecule has 0 heterocycles. The van der Waals surface area contributed by atoms with Gasteiger partial charge in [0.2, 0.25) is 0 Å². The number of halogens is 1. The van der Waals surface area contributed by atoms with Crippen molar-refractivity contribution < 1.29 is 0 Å². The molecule has 0 saturated carbocycles. The average Bonchev–Trinajstić information content (AvgIpc) is 3.57. The highest BCUT2D eigenvalue weighted by molar-refractivity contribution is 14.1. The lowest BCUT2D eigenvalue weighted by atomic mass is 9.89. The predicted octanol–water partition coefficient (Wildman–Crippen LogP) is 21.3. The fourth-order valence-electron chi connectivity index (χ4n) is 14.2. The van der Waals surface area contributed by atoms with Gasteiger partial charge in [0.05, 0.1) is 8.07 Å². The third-order valence-electron chi connectivity index (χ3n) is 17.9. The summed E-state index contributed by atoms with van der Waals surface area (Å²) in [4.78, 5) is 0. The highest BCUT2D eigenvalue weighted by atomic mass is 127. The first-order valence-corrected chi connectivity index (χ1v) is 32.9. The molecule has 0 nitrogen and oxygen atoms in total. The fraction of sp³-hybridized carbons (Fsp3) is 0.215. The van der Waals surface area contributed by atoms with Crippen LogP contribution >= 0.6 is 22.6 Å². The molecule has 0 aromatic heterocycles. The number of hydrogen-bond donors (Lipinski definition) is 0. The van der Waals surface area contributed by atoms with E-state index in [-0.39, 0.29) is 0 Å². The Morgan fingerprint density at radius 3 is 1.00 bits per heavy atom. The molecule has 0 bridgehead atoms. The van der Waals surface area contributed by atoms with Gasteiger partial charge in [0.25, 0.3) is 0 Å². The first kappa shape index (κ1) is 54.0. The largest absolute Gasteiger partial charge is 0.0950 e. The molecule has 0 saturated heterocycles. The molecule has 0 aliphatic rings. The summed E-state index contributed by atoms with van der Waals surface area (Å²) in [6.07, 6.45) is 6.59. The standard InChI is InChI=1S/C79H69ISi/c1-9-11-31-64-66-33-16-24-57(73(66)49-74-58(25-17-34-67(64)74)43-41-56-23-15-29-62-46-63-30-19-37-78(80)76(63)48-72(56)62)42-39-54-21-13-27-60-45-61-28-14-22-55(71(61)47-70(54)60)40-44-59-26-18-35-68-65(32-12-10-2)69-36-20-38-79(77(69)50-75(59)68)81(51(3)4,52(5)6)53(7)8/h13-30,33-38,45-53H,9-12,31-32H2,1-8H3. The van der Waals surface area contributed by atoms with Gasteiger partial charge < -0.3 is 0 Å². The van der Waals surface area contributed by atoms with E-state index in [0.717, 1.165) is 82.7 Å². The Morgan fingerprint density at radius 2 is 0.617 bits per heavy atom. The third-order valence-corrected chi connectivity index (χ3v) is 25.9. The Morgan fingerprint density at radius 1 is 0.321 bits per heavy atom. The Balaban J connectivity index is 0.967. The number of hydrogen-bond acceptors (Lipinski definition) is 0. The van der Waals surface area contributed by atoms with Crippen LogP contribution in [0.5, 0.6) is 0 Å². The van der Waals surface area contributed by atoms with Crippen molar-refractivity contribution >= 4 is 122 Å². The van der Waals surface area contributed by atoms with Gasteiger partial charge in [0.15, 0.2) is 0 Å². The van der Waals surface area contributed by atoms with Crippen LogP contribution in [0, 0.1) is 39.1 Å². The highest BCUT2D eigenvalue weighted by Crippen LogP contribution is 2.44. The van der Waals surface area contributed by atoms with Crippen LogP contribution in [0.1, 0.15) is 126 Å². The second-order valence-electron chi connectivity index (χ2n) is 23.4. The van der Waals surface area contributed by atoms with E-state index in [1.807, 2.05) is 0 Å². The van der Waals surface area contributed by atoms with E-state index in [9.17, 15) is 0 Å². The maximum absolute atomic E-state index is 3.79. The molecule has 0 aliphatic carbocycles. The van der Waals surface area contributed by atoms with Crippen LogP contribution in [-0.2, 0) is 12.8 Å². The smallest absolute Gasteiger partial charge is 0.0654 e. The summed E-state index contributed by atoms with van der Waals surface area (Å²) in [5.41, 5.74) is 10.9. The first-order chi connectivity index (χ1) is 39.5. The van der Waals surface area contributed by atoms with Crippen LogP contribution in [0.15, 0.2) is 182 Å². The van der Waals surface area contributed by atoms with Gasteiger partial charge in [-0.2, -0.15) is 0 Å². The molecule has 12 aromatic carbocycles. The molecule has 0 radical (unpaired) electrons. The van der Waals surface area contributed by atoms with Crippen LogP contribution < -0.4 is 5.19 Å². The molecule has 81 heavy (non-hydrogen) atoms. The SMILES string of the molecule is CCCCc1c2cccc(C#Cc3cccc4cc5cccc(I)c5cc34)c2cc2c(C#Cc3cccc4cc5cccc(C#Cc6cccc7c(CCCC)c8cccc([Si](C(C)C)(C(C)C)C(C)C)c8cc67)c5cc34)cccc12. The topological polar surface area (TPSA) is 0 Å². The average molecular weight is 1170 g/mol. The van der Waals surface area contributed by atoms with Crippen molar-refractivity contribution in [2.24, 2.45) is 0 Å². The van der Waals surface area contributed by atoms with Crippen LogP contribution in [0.4, 0.5) is 0 Å². The van der Waals surface area contributed by atoms with Gasteiger partial charge in [-0.15, -0.1) is 0 Å². The second-order valence-corrected chi connectivity index (χ2v) is 30.4. The molecule has 0 atom stereocenters. The zero-order valence-corrected chi connectivity index (χ0v) is 51.3. The van der Waals surface area contributed by atoms with Gasteiger partial charge in [-0.1, -0.05) is 212 Å². The van der Waals surface area contributed by atoms with E-state index in [2.05, 4.69) is 295 Å². The van der Waals surface area contributed by atoms with Crippen LogP contribution in [-0.4, -0.2) is 8.07 Å². The maximum Gasteiger partial charge on any atom is 0.0950 e. The van der Waals surface area contributed by atoms with Crippen molar-refractivity contribution in [3.63, 3.8) is 0 Å². The molecular formula is C79H69ISi. The van der Waals surface area contributed by atoms with E-state index in [1.165, 1.54) is 90.1 Å². The lowest BCUT2D eigenvalue weighted by molar-refractivity contribution is 0.802. The van der Waals surface area contributed by atoms with Crippen LogP contribution in [0.25, 0.3) is 86.2 Å². The van der Waals surface area contributed by atoms with Crippen molar-refractivity contribution in [2.45, 2.75) is 111 Å². The molecule has 2 heteroatoms. The second kappa shape index (κ2) is 22.7. The Hall–Kier alpha value is -7.65. The first-order valence-electron chi connectivity index (χ1n) is 29.6. The van der Waals surface area contributed by atoms with Crippen molar-refractivity contribution in [2.75, 3.05) is 0 Å². The summed E-state index contributed by atoms with van der Waals surface area (Å²) in [7, 11) is -1.99. The molecular weight excluding hydrogens is 1100 g/mol. The van der Waals surface area contributed by atoms with E-state index in [0.29, 0.717) is 16.6 Å². The Labute approximate surface area is 494 Å². The van der Waals surface area contributed by atoms with Crippen LogP contribution in [0.2, 0.25) is 16.6 Å². The summed E-state index contributed by atoms with van der Waals surface area (Å²) in [5, 5.41) is 21.5. The zero-order valence-electron chi connectivity index (χ0n) is 48.2. The number of rotatable bonds is 10. The van der Waals surface area contributed by atoms with Crippen molar-refractivity contribution in [1.29, 1.82) is 0 Å². The molecule has 12 rings (SSSR count). The van der Waals surface area contributed by atoms with Gasteiger partial charge in [-0.05, 0) is 241 Å². The molecule has 0 N–H and O–H groups in total. The van der Waals surface area contributed by atoms with Gasteiger partial charge in [-0.25, -0.2) is 0 Å². The molecule has 12 aromatic rings. The summed E-state index contributed by atoms with van der Waals surface area (Å²) < 4.78 is 1.25. The third kappa shape index (κ3) is 9.78. The summed E-state index contributed by atoms with van der Waals surface area (Å²) in [6.45, 7) is 19.5. The molecule has 0 unspecified atom stereocenters. The number of benzene rings is 12. The lowest BCUT2D eigenvalue weighted by Gasteiger charge is -2.44. The Bertz CT molecular complexity index is 4670. The van der Waals surface area contributed by atoms with Crippen molar-refractivity contribution in [1.82, 2.24) is 0 Å². The van der Waals surface area contributed by atoms with Gasteiger partial charge >= 0.3 is 0 Å². The molecule has 396 valence electrons. The van der Waals surface area contributed by atoms with Gasteiger partial charge in [0.1, 0.15) is 0 Å². The van der Waals surface area contributed by atoms with Gasteiger partial charge in [-0.3, -0.25) is 0 Å². The summed E-state index contributed by atoms with van der Waals surface area (Å²) in [6, 6.07) is 67.6. The molecule has 0 aliphatic heterocycles. The summed E-state index contributed by atoms with van der Waals surface area (Å²) >= 11 is 2.45. The van der Waals surface area contributed by atoms with E-state index in [4.69, 9.17) is 0 Å². The minimum absolute atomic E-state index is 0.610. The summed E-state index contributed by atoms with van der Waals surface area (Å²) in [5.74, 6) is 22.3. The molecule has 0 spiro atoms. The van der Waals surface area contributed by atoms with Crippen LogP contribution in [0.3, 0.4) is 0 Å². The van der Waals surface area contributed by atoms with E-state index in [1.54, 1.807) is 5.19 Å². The van der Waals surface area contributed by atoms with E-state index >= 15 is 0 Å². The molecule has 0 fully saturated rings. The normalized spacial score (nSPS) is 11.9. The van der Waals surface area contributed by atoms with Gasteiger partial charge in [0, 0.05) is 37.0 Å². The predicted molar refractivity (Wildman–Crippen MR) is 364 cm³/mol. The maximum atomic E-state index is 3.79. The van der Waals surface area contributed by atoms with Crippen molar-refractivity contribution in [3.8, 4) is 35.5 Å². The fourth-order valence-corrected chi connectivity index (χ4v) is 21.8. The lowest BCUT2D eigenvalue weighted by Crippen LogP contribution is -2.55. The number of aryl methyl sites for hydroxylation is 2. The Kier molecular flexibility index (Phi) is 15.1. The highest BCUT2D eigenvalue weighted by Gasteiger charge is 2.45. The number of fused-ring (bicyclic) bond motifs is 8. The minimum atomic E-state index is -1.99. The monoisotopic (exact) mass is 1170 g/mol.